The van der Waals surface area contributed by atoms with Gasteiger partial charge in [0.15, 0.2) is 0 Å². The molecule has 2 bridgehead atoms. The monoisotopic (exact) mass is 240 g/mol. The number of methoxy groups -OCH3 is 1. The standard InChI is InChI=1S/C17H20O/c1-18-16-5-3-14-11-17(7-6-13(14)9-16)10-12-2-4-15(17)8-12/h2-3,5,9,15H,4,6-8,10-11H2,1H3. The van der Waals surface area contributed by atoms with Crippen LogP contribution in [0.1, 0.15) is 36.8 Å². The highest BCUT2D eigenvalue weighted by Gasteiger charge is 2.48. The van der Waals surface area contributed by atoms with Gasteiger partial charge < -0.3 is 4.74 Å². The Kier molecular flexibility index (Phi) is 2.15. The van der Waals surface area contributed by atoms with Crippen LogP contribution in [0.15, 0.2) is 29.8 Å². The van der Waals surface area contributed by atoms with Gasteiger partial charge in [0.2, 0.25) is 0 Å². The molecule has 0 N–H and O–H groups in total. The Hall–Kier alpha value is -1.24. The molecule has 1 fully saturated rings. The molecule has 1 aromatic rings. The summed E-state index contributed by atoms with van der Waals surface area (Å²) in [5.74, 6) is 1.96. The lowest BCUT2D eigenvalue weighted by Crippen LogP contribution is -2.33. The molecule has 0 amide bonds. The fourth-order valence-electron chi connectivity index (χ4n) is 4.48. The lowest BCUT2D eigenvalue weighted by molar-refractivity contribution is 0.168. The first kappa shape index (κ1) is 10.7. The van der Waals surface area contributed by atoms with E-state index >= 15 is 0 Å². The van der Waals surface area contributed by atoms with E-state index in [1.165, 1.54) is 44.1 Å². The molecule has 1 aromatic carbocycles. The third-order valence-corrected chi connectivity index (χ3v) is 5.49. The summed E-state index contributed by atoms with van der Waals surface area (Å²) in [6.07, 6.45) is 10.6. The van der Waals surface area contributed by atoms with Crippen LogP contribution in [-0.2, 0) is 12.8 Å². The molecule has 0 saturated heterocycles. The van der Waals surface area contributed by atoms with Crippen LogP contribution in [0.5, 0.6) is 5.75 Å². The van der Waals surface area contributed by atoms with Crippen molar-refractivity contribution in [2.75, 3.05) is 7.11 Å². The molecule has 1 saturated carbocycles. The molecule has 4 rings (SSSR count). The van der Waals surface area contributed by atoms with E-state index in [1.54, 1.807) is 18.2 Å². The highest BCUT2D eigenvalue weighted by Crippen LogP contribution is 2.58. The van der Waals surface area contributed by atoms with E-state index < -0.39 is 0 Å². The summed E-state index contributed by atoms with van der Waals surface area (Å²) in [4.78, 5) is 0. The SMILES string of the molecule is COc1ccc2c(c1)CCC1(CC3=CCC1C3)C2. The molecule has 18 heavy (non-hydrogen) atoms. The number of ether oxygens (including phenoxy) is 1. The summed E-state index contributed by atoms with van der Waals surface area (Å²) in [5.41, 5.74) is 5.47. The minimum absolute atomic E-state index is 0.617. The predicted octanol–water partition coefficient (Wildman–Crippen LogP) is 3.91. The van der Waals surface area contributed by atoms with E-state index in [0.717, 1.165) is 11.7 Å². The number of hydrogen-bond acceptors (Lipinski definition) is 1. The Labute approximate surface area is 109 Å². The second-order valence-corrected chi connectivity index (χ2v) is 6.35. The molecule has 0 radical (unpaired) electrons. The molecular weight excluding hydrogens is 220 g/mol. The van der Waals surface area contributed by atoms with E-state index in [-0.39, 0.29) is 0 Å². The molecule has 0 aromatic heterocycles. The third kappa shape index (κ3) is 1.39. The summed E-state index contributed by atoms with van der Waals surface area (Å²) in [6, 6.07) is 6.68. The number of hydrogen-bond donors (Lipinski definition) is 0. The molecular formula is C17H20O. The van der Waals surface area contributed by atoms with Crippen LogP contribution in [0, 0.1) is 11.3 Å². The Morgan fingerprint density at radius 3 is 2.89 bits per heavy atom. The summed E-state index contributed by atoms with van der Waals surface area (Å²) >= 11 is 0. The highest BCUT2D eigenvalue weighted by atomic mass is 16.5. The van der Waals surface area contributed by atoms with Gasteiger partial charge in [-0.15, -0.1) is 0 Å². The van der Waals surface area contributed by atoms with Crippen LogP contribution >= 0.6 is 0 Å². The summed E-state index contributed by atoms with van der Waals surface area (Å²) in [5, 5.41) is 0. The number of allylic oxidation sites excluding steroid dienone is 2. The fourth-order valence-corrected chi connectivity index (χ4v) is 4.48. The average molecular weight is 240 g/mol. The third-order valence-electron chi connectivity index (χ3n) is 5.49. The van der Waals surface area contributed by atoms with Crippen LogP contribution in [-0.4, -0.2) is 7.11 Å². The van der Waals surface area contributed by atoms with E-state index in [0.29, 0.717) is 5.41 Å². The van der Waals surface area contributed by atoms with Crippen molar-refractivity contribution in [1.29, 1.82) is 0 Å². The molecule has 0 aliphatic heterocycles. The molecule has 0 heterocycles. The van der Waals surface area contributed by atoms with Crippen LogP contribution in [0.2, 0.25) is 0 Å². The Morgan fingerprint density at radius 1 is 1.22 bits per heavy atom. The van der Waals surface area contributed by atoms with Gasteiger partial charge in [0.1, 0.15) is 5.75 Å². The quantitative estimate of drug-likeness (QED) is 0.676. The van der Waals surface area contributed by atoms with E-state index in [9.17, 15) is 0 Å². The Morgan fingerprint density at radius 2 is 2.17 bits per heavy atom. The van der Waals surface area contributed by atoms with Gasteiger partial charge >= 0.3 is 0 Å². The topological polar surface area (TPSA) is 9.23 Å². The van der Waals surface area contributed by atoms with Gasteiger partial charge in [0.25, 0.3) is 0 Å². The second kappa shape index (κ2) is 3.63. The maximum absolute atomic E-state index is 5.34. The number of rotatable bonds is 1. The lowest BCUT2D eigenvalue weighted by atomic mass is 9.64. The normalized spacial score (nSPS) is 32.5. The minimum Gasteiger partial charge on any atom is -0.497 e. The van der Waals surface area contributed by atoms with Crippen molar-refractivity contribution in [3.63, 3.8) is 0 Å². The first-order valence-corrected chi connectivity index (χ1v) is 7.13. The highest BCUT2D eigenvalue weighted by molar-refractivity contribution is 5.40. The maximum atomic E-state index is 5.34. The first-order valence-electron chi connectivity index (χ1n) is 7.13. The van der Waals surface area contributed by atoms with E-state index in [2.05, 4.69) is 24.3 Å². The van der Waals surface area contributed by atoms with Crippen molar-refractivity contribution >= 4 is 0 Å². The van der Waals surface area contributed by atoms with Crippen LogP contribution in [0.25, 0.3) is 0 Å². The largest absolute Gasteiger partial charge is 0.497 e. The zero-order chi connectivity index (χ0) is 12.2. The molecule has 1 spiro atoms. The minimum atomic E-state index is 0.617. The first-order chi connectivity index (χ1) is 8.79. The van der Waals surface area contributed by atoms with Gasteiger partial charge in [0, 0.05) is 0 Å². The number of benzene rings is 1. The van der Waals surface area contributed by atoms with Gasteiger partial charge in [-0.3, -0.25) is 0 Å². The average Bonchev–Trinajstić information content (AvgIpc) is 2.99. The van der Waals surface area contributed by atoms with E-state index in [1.807, 2.05) is 0 Å². The smallest absolute Gasteiger partial charge is 0.119 e. The van der Waals surface area contributed by atoms with Gasteiger partial charge in [0.05, 0.1) is 7.11 Å². The zero-order valence-corrected chi connectivity index (χ0v) is 11.0. The molecule has 3 aliphatic carbocycles. The number of fused-ring (bicyclic) bond motifs is 4. The lowest BCUT2D eigenvalue weighted by Gasteiger charge is -2.40. The van der Waals surface area contributed by atoms with Crippen molar-refractivity contribution in [2.45, 2.75) is 38.5 Å². The fraction of sp³-hybridized carbons (Fsp3) is 0.529. The molecule has 1 nitrogen and oxygen atoms in total. The van der Waals surface area contributed by atoms with E-state index in [4.69, 9.17) is 4.74 Å². The molecule has 3 aliphatic rings. The predicted molar refractivity (Wildman–Crippen MR) is 72.9 cm³/mol. The second-order valence-electron chi connectivity index (χ2n) is 6.35. The molecule has 1 heteroatoms. The molecule has 2 unspecified atom stereocenters. The van der Waals surface area contributed by atoms with Gasteiger partial charge in [-0.05, 0) is 73.1 Å². The maximum Gasteiger partial charge on any atom is 0.119 e. The Bertz CT molecular complexity index is 528. The van der Waals surface area contributed by atoms with Crippen molar-refractivity contribution < 1.29 is 4.74 Å². The van der Waals surface area contributed by atoms with Crippen molar-refractivity contribution in [3.8, 4) is 5.75 Å². The summed E-state index contributed by atoms with van der Waals surface area (Å²) in [6.45, 7) is 0. The molecule has 94 valence electrons. The van der Waals surface area contributed by atoms with Crippen molar-refractivity contribution in [2.24, 2.45) is 11.3 Å². The van der Waals surface area contributed by atoms with Crippen molar-refractivity contribution in [3.05, 3.63) is 41.0 Å². The summed E-state index contributed by atoms with van der Waals surface area (Å²) in [7, 11) is 1.76. The van der Waals surface area contributed by atoms with Crippen molar-refractivity contribution in [1.82, 2.24) is 0 Å². The van der Waals surface area contributed by atoms with Gasteiger partial charge in [-0.1, -0.05) is 17.7 Å². The Balaban J connectivity index is 1.68. The number of aryl methyl sites for hydroxylation is 1. The molecule has 2 atom stereocenters. The zero-order valence-electron chi connectivity index (χ0n) is 11.0. The van der Waals surface area contributed by atoms with Gasteiger partial charge in [-0.2, -0.15) is 0 Å². The van der Waals surface area contributed by atoms with Crippen LogP contribution < -0.4 is 4.74 Å². The van der Waals surface area contributed by atoms with Crippen LogP contribution in [0.3, 0.4) is 0 Å². The van der Waals surface area contributed by atoms with Gasteiger partial charge in [-0.25, -0.2) is 0 Å². The van der Waals surface area contributed by atoms with Crippen LogP contribution in [0.4, 0.5) is 0 Å². The summed E-state index contributed by atoms with van der Waals surface area (Å²) < 4.78 is 5.34.